The van der Waals surface area contributed by atoms with Crippen LogP contribution in [0.5, 0.6) is 11.5 Å². The molecule has 1 fully saturated rings. The first-order valence-corrected chi connectivity index (χ1v) is 9.26. The Hall–Kier alpha value is -3.40. The third-order valence-electron chi connectivity index (χ3n) is 4.26. The average Bonchev–Trinajstić information content (AvgIpc) is 3.41. The molecule has 1 aromatic heterocycles. The van der Waals surface area contributed by atoms with E-state index in [-0.39, 0.29) is 19.9 Å². The van der Waals surface area contributed by atoms with Crippen LogP contribution in [0.25, 0.3) is 0 Å². The molecule has 2 aromatic rings. The van der Waals surface area contributed by atoms with Gasteiger partial charge in [0.1, 0.15) is 6.54 Å². The van der Waals surface area contributed by atoms with E-state index in [9.17, 15) is 19.2 Å². The molecular formula is C18H15N3O6S. The first kappa shape index (κ1) is 18.0. The predicted octanol–water partition coefficient (Wildman–Crippen LogP) is 1.08. The van der Waals surface area contributed by atoms with Gasteiger partial charge in [0.15, 0.2) is 11.5 Å². The maximum absolute atomic E-state index is 12.4. The van der Waals surface area contributed by atoms with Gasteiger partial charge >= 0.3 is 17.8 Å². The number of hydrogen-bond acceptors (Lipinski definition) is 7. The van der Waals surface area contributed by atoms with Crippen molar-refractivity contribution in [3.63, 3.8) is 0 Å². The lowest BCUT2D eigenvalue weighted by Gasteiger charge is -2.15. The summed E-state index contributed by atoms with van der Waals surface area (Å²) < 4.78 is 10.5. The molecule has 0 atom stereocenters. The highest BCUT2D eigenvalue weighted by atomic mass is 32.1. The zero-order valence-electron chi connectivity index (χ0n) is 14.5. The first-order valence-electron chi connectivity index (χ1n) is 8.38. The van der Waals surface area contributed by atoms with Gasteiger partial charge in [0.2, 0.25) is 12.7 Å². The monoisotopic (exact) mass is 401 g/mol. The quantitative estimate of drug-likeness (QED) is 0.574. The molecule has 2 aliphatic heterocycles. The standard InChI is InChI=1S/C18H15N3O6S/c22-15(19-7-11-3-4-13-14(6-11)27-10-26-13)9-21-17(24)16(23)20(18(21)25)8-12-2-1-5-28-12/h1-6H,7-10H2,(H,19,22). The summed E-state index contributed by atoms with van der Waals surface area (Å²) in [6, 6.07) is 8.00. The Balaban J connectivity index is 1.35. The summed E-state index contributed by atoms with van der Waals surface area (Å²) in [6.45, 7) is -0.176. The van der Waals surface area contributed by atoms with Crippen molar-refractivity contribution in [2.75, 3.05) is 13.3 Å². The van der Waals surface area contributed by atoms with Crippen molar-refractivity contribution < 1.29 is 28.7 Å². The minimum atomic E-state index is -1.00. The van der Waals surface area contributed by atoms with Gasteiger partial charge in [-0.2, -0.15) is 0 Å². The van der Waals surface area contributed by atoms with Crippen molar-refractivity contribution >= 4 is 35.1 Å². The minimum absolute atomic E-state index is 0.0103. The maximum Gasteiger partial charge on any atom is 0.335 e. The Morgan fingerprint density at radius 1 is 1.07 bits per heavy atom. The van der Waals surface area contributed by atoms with Gasteiger partial charge in [0.05, 0.1) is 6.54 Å². The molecule has 28 heavy (non-hydrogen) atoms. The minimum Gasteiger partial charge on any atom is -0.454 e. The van der Waals surface area contributed by atoms with Gasteiger partial charge in [-0.25, -0.2) is 9.69 Å². The zero-order chi connectivity index (χ0) is 19.7. The number of hydrogen-bond donors (Lipinski definition) is 1. The number of benzene rings is 1. The molecule has 0 saturated carbocycles. The molecule has 0 unspecified atom stereocenters. The molecule has 4 rings (SSSR count). The lowest BCUT2D eigenvalue weighted by molar-refractivity contribution is -0.144. The fraction of sp³-hybridized carbons (Fsp3) is 0.222. The van der Waals surface area contributed by atoms with Gasteiger partial charge in [-0.15, -0.1) is 11.3 Å². The van der Waals surface area contributed by atoms with Crippen LogP contribution in [-0.2, 0) is 27.5 Å². The number of urea groups is 1. The highest BCUT2D eigenvalue weighted by Crippen LogP contribution is 2.32. The smallest absolute Gasteiger partial charge is 0.335 e. The van der Waals surface area contributed by atoms with Crippen LogP contribution in [0, 0.1) is 0 Å². The van der Waals surface area contributed by atoms with E-state index in [0.717, 1.165) is 15.3 Å². The topological polar surface area (TPSA) is 105 Å². The van der Waals surface area contributed by atoms with E-state index in [2.05, 4.69) is 5.32 Å². The lowest BCUT2D eigenvalue weighted by Crippen LogP contribution is -2.41. The van der Waals surface area contributed by atoms with E-state index < -0.39 is 30.3 Å². The molecule has 0 spiro atoms. The Morgan fingerprint density at radius 2 is 1.86 bits per heavy atom. The van der Waals surface area contributed by atoms with E-state index >= 15 is 0 Å². The van der Waals surface area contributed by atoms with Crippen LogP contribution in [-0.4, -0.2) is 46.9 Å². The molecule has 3 heterocycles. The van der Waals surface area contributed by atoms with Crippen molar-refractivity contribution in [1.82, 2.24) is 15.1 Å². The summed E-state index contributed by atoms with van der Waals surface area (Å²) in [5.41, 5.74) is 0.770. The molecule has 9 nitrogen and oxygen atoms in total. The average molecular weight is 401 g/mol. The molecule has 1 saturated heterocycles. The summed E-state index contributed by atoms with van der Waals surface area (Å²) >= 11 is 1.37. The van der Waals surface area contributed by atoms with Crippen molar-refractivity contribution in [2.45, 2.75) is 13.1 Å². The van der Waals surface area contributed by atoms with E-state index in [1.807, 2.05) is 5.38 Å². The molecule has 2 aliphatic rings. The molecule has 0 bridgehead atoms. The SMILES string of the molecule is O=C(CN1C(=O)C(=O)N(Cc2cccs2)C1=O)NCc1ccc2c(c1)OCO2. The fourth-order valence-corrected chi connectivity index (χ4v) is 3.53. The van der Waals surface area contributed by atoms with Crippen LogP contribution in [0.2, 0.25) is 0 Å². The van der Waals surface area contributed by atoms with Crippen molar-refractivity contribution in [3.05, 3.63) is 46.2 Å². The van der Waals surface area contributed by atoms with E-state index in [1.54, 1.807) is 30.3 Å². The normalized spacial score (nSPS) is 15.5. The summed E-state index contributed by atoms with van der Waals surface area (Å²) in [4.78, 5) is 51.0. The van der Waals surface area contributed by atoms with Gasteiger partial charge in [0.25, 0.3) is 0 Å². The Labute approximate surface area is 163 Å². The van der Waals surface area contributed by atoms with Gasteiger partial charge in [0, 0.05) is 11.4 Å². The number of fused-ring (bicyclic) bond motifs is 1. The molecule has 10 heteroatoms. The van der Waals surface area contributed by atoms with E-state index in [0.29, 0.717) is 16.4 Å². The second-order valence-electron chi connectivity index (χ2n) is 6.11. The van der Waals surface area contributed by atoms with Gasteiger partial charge < -0.3 is 14.8 Å². The number of nitrogens with zero attached hydrogens (tertiary/aromatic N) is 2. The molecule has 0 radical (unpaired) electrons. The lowest BCUT2D eigenvalue weighted by atomic mass is 10.2. The van der Waals surface area contributed by atoms with Crippen LogP contribution in [0.3, 0.4) is 0 Å². The predicted molar refractivity (Wildman–Crippen MR) is 96.4 cm³/mol. The number of rotatable bonds is 6. The molecule has 0 aliphatic carbocycles. The Kier molecular flexibility index (Phi) is 4.70. The number of ether oxygens (including phenoxy) is 2. The van der Waals surface area contributed by atoms with Gasteiger partial charge in [-0.05, 0) is 29.1 Å². The summed E-state index contributed by atoms with van der Waals surface area (Å²) in [5, 5.41) is 4.43. The van der Waals surface area contributed by atoms with Crippen LogP contribution in [0.1, 0.15) is 10.4 Å². The summed E-state index contributed by atoms with van der Waals surface area (Å²) in [6.07, 6.45) is 0. The van der Waals surface area contributed by atoms with Crippen LogP contribution in [0.15, 0.2) is 35.7 Å². The third kappa shape index (κ3) is 3.41. The van der Waals surface area contributed by atoms with E-state index in [1.165, 1.54) is 11.3 Å². The number of nitrogens with one attached hydrogen (secondary N) is 1. The highest BCUT2D eigenvalue weighted by Gasteiger charge is 2.45. The number of imide groups is 2. The number of amides is 5. The largest absolute Gasteiger partial charge is 0.454 e. The molecule has 1 aromatic carbocycles. The number of carbonyl (C=O) groups is 4. The van der Waals surface area contributed by atoms with Crippen molar-refractivity contribution in [2.24, 2.45) is 0 Å². The molecule has 144 valence electrons. The highest BCUT2D eigenvalue weighted by molar-refractivity contribution is 7.09. The Morgan fingerprint density at radius 3 is 2.64 bits per heavy atom. The zero-order valence-corrected chi connectivity index (χ0v) is 15.4. The fourth-order valence-electron chi connectivity index (χ4n) is 2.84. The van der Waals surface area contributed by atoms with Crippen molar-refractivity contribution in [3.8, 4) is 11.5 Å². The number of carbonyl (C=O) groups excluding carboxylic acids is 4. The van der Waals surface area contributed by atoms with Crippen LogP contribution < -0.4 is 14.8 Å². The van der Waals surface area contributed by atoms with Crippen molar-refractivity contribution in [1.29, 1.82) is 0 Å². The summed E-state index contributed by atoms with van der Waals surface area (Å²) in [7, 11) is 0. The van der Waals surface area contributed by atoms with Crippen LogP contribution in [0.4, 0.5) is 4.79 Å². The second-order valence-corrected chi connectivity index (χ2v) is 7.14. The maximum atomic E-state index is 12.4. The molecular weight excluding hydrogens is 386 g/mol. The van der Waals surface area contributed by atoms with Crippen LogP contribution >= 0.6 is 11.3 Å². The number of thiophene rings is 1. The van der Waals surface area contributed by atoms with Gasteiger partial charge in [-0.3, -0.25) is 19.3 Å². The third-order valence-corrected chi connectivity index (χ3v) is 5.12. The second kappa shape index (κ2) is 7.31. The molecule has 5 amide bonds. The Bertz CT molecular complexity index is 958. The molecule has 1 N–H and O–H groups in total. The first-order chi connectivity index (χ1) is 13.5. The summed E-state index contributed by atoms with van der Waals surface area (Å²) in [5.74, 6) is -1.26. The van der Waals surface area contributed by atoms with E-state index in [4.69, 9.17) is 9.47 Å². The van der Waals surface area contributed by atoms with Gasteiger partial charge in [-0.1, -0.05) is 12.1 Å².